The third-order valence-electron chi connectivity index (χ3n) is 2.51. The van der Waals surface area contributed by atoms with Crippen LogP contribution < -0.4 is 4.72 Å². The number of benzene rings is 1. The Balaban J connectivity index is 2.58. The monoisotopic (exact) mass is 254 g/mol. The number of para-hydroxylation sites is 1. The highest BCUT2D eigenvalue weighted by Crippen LogP contribution is 2.25. The van der Waals surface area contributed by atoms with E-state index in [2.05, 4.69) is 9.71 Å². The summed E-state index contributed by atoms with van der Waals surface area (Å²) in [4.78, 5) is 3.28. The molecule has 5 nitrogen and oxygen atoms in total. The van der Waals surface area contributed by atoms with Gasteiger partial charge in [0.2, 0.25) is 10.0 Å². The summed E-state index contributed by atoms with van der Waals surface area (Å²) in [5.74, 6) is 0. The summed E-state index contributed by atoms with van der Waals surface area (Å²) in [7, 11) is -3.58. The molecule has 0 atom stereocenters. The maximum atomic E-state index is 12.0. The summed E-state index contributed by atoms with van der Waals surface area (Å²) in [5, 5.41) is 9.34. The normalized spacial score (nSPS) is 12.1. The molecule has 0 fully saturated rings. The van der Waals surface area contributed by atoms with E-state index >= 15 is 0 Å². The Morgan fingerprint density at radius 3 is 2.76 bits per heavy atom. The first-order valence-electron chi connectivity index (χ1n) is 5.24. The number of aromatic amines is 1. The molecule has 92 valence electrons. The molecule has 6 heteroatoms. The number of hydrogen-bond donors (Lipinski definition) is 3. The lowest BCUT2D eigenvalue weighted by Crippen LogP contribution is -2.27. The highest BCUT2D eigenvalue weighted by atomic mass is 32.2. The van der Waals surface area contributed by atoms with Crippen LogP contribution >= 0.6 is 0 Å². The molecule has 0 unspecified atom stereocenters. The average molecular weight is 254 g/mol. The van der Waals surface area contributed by atoms with Gasteiger partial charge in [-0.05, 0) is 13.0 Å². The van der Waals surface area contributed by atoms with Crippen LogP contribution in [-0.2, 0) is 10.0 Å². The van der Waals surface area contributed by atoms with Crippen LogP contribution in [0.15, 0.2) is 29.2 Å². The van der Waals surface area contributed by atoms with Crippen LogP contribution in [0, 0.1) is 6.92 Å². The number of aromatic nitrogens is 1. The fraction of sp³-hybridized carbons (Fsp3) is 0.273. The first kappa shape index (κ1) is 12.1. The van der Waals surface area contributed by atoms with Crippen molar-refractivity contribution in [1.29, 1.82) is 0 Å². The van der Waals surface area contributed by atoms with Crippen molar-refractivity contribution >= 4 is 20.9 Å². The van der Waals surface area contributed by atoms with Gasteiger partial charge >= 0.3 is 0 Å². The van der Waals surface area contributed by atoms with Gasteiger partial charge in [-0.25, -0.2) is 13.1 Å². The molecule has 1 aromatic carbocycles. The molecule has 0 bridgehead atoms. The van der Waals surface area contributed by atoms with Gasteiger partial charge in [-0.15, -0.1) is 0 Å². The predicted molar refractivity (Wildman–Crippen MR) is 65.3 cm³/mol. The summed E-state index contributed by atoms with van der Waals surface area (Å²) < 4.78 is 26.4. The van der Waals surface area contributed by atoms with Crippen molar-refractivity contribution in [2.45, 2.75) is 11.8 Å². The van der Waals surface area contributed by atoms with Crippen LogP contribution in [0.3, 0.4) is 0 Å². The lowest BCUT2D eigenvalue weighted by Gasteiger charge is -2.05. The molecule has 0 amide bonds. The fourth-order valence-electron chi connectivity index (χ4n) is 1.85. The highest BCUT2D eigenvalue weighted by molar-refractivity contribution is 7.89. The Hall–Kier alpha value is -1.37. The van der Waals surface area contributed by atoms with Crippen LogP contribution in [-0.4, -0.2) is 31.7 Å². The van der Waals surface area contributed by atoms with Gasteiger partial charge in [0.25, 0.3) is 0 Å². The largest absolute Gasteiger partial charge is 0.395 e. The molecule has 2 rings (SSSR count). The molecule has 0 aliphatic rings. The second-order valence-electron chi connectivity index (χ2n) is 3.75. The second kappa shape index (κ2) is 4.48. The fourth-order valence-corrected chi connectivity index (χ4v) is 3.28. The van der Waals surface area contributed by atoms with Gasteiger partial charge in [0.1, 0.15) is 4.90 Å². The van der Waals surface area contributed by atoms with Crippen molar-refractivity contribution in [3.05, 3.63) is 30.0 Å². The number of aliphatic hydroxyl groups excluding tert-OH is 1. The smallest absolute Gasteiger partial charge is 0.243 e. The lowest BCUT2D eigenvalue weighted by atomic mass is 10.2. The van der Waals surface area contributed by atoms with Gasteiger partial charge in [0.15, 0.2) is 0 Å². The Bertz CT molecular complexity index is 631. The summed E-state index contributed by atoms with van der Waals surface area (Å²) in [6.45, 7) is 1.51. The molecular weight excluding hydrogens is 240 g/mol. The van der Waals surface area contributed by atoms with Crippen molar-refractivity contribution < 1.29 is 13.5 Å². The molecule has 0 spiro atoms. The molecule has 0 aliphatic carbocycles. The molecule has 17 heavy (non-hydrogen) atoms. The summed E-state index contributed by atoms with van der Waals surface area (Å²) >= 11 is 0. The van der Waals surface area contributed by atoms with Gasteiger partial charge in [-0.2, -0.15) is 0 Å². The number of rotatable bonds is 4. The first-order valence-corrected chi connectivity index (χ1v) is 6.72. The number of aliphatic hydroxyl groups is 1. The standard InChI is InChI=1S/C11H14N2O3S/c1-8-11(17(15,16)12-6-7-14)9-4-2-3-5-10(9)13-8/h2-5,12-14H,6-7H2,1H3. The maximum Gasteiger partial charge on any atom is 0.243 e. The zero-order chi connectivity index (χ0) is 12.5. The van der Waals surface area contributed by atoms with E-state index in [9.17, 15) is 8.42 Å². The van der Waals surface area contributed by atoms with Crippen LogP contribution in [0.2, 0.25) is 0 Å². The number of fused-ring (bicyclic) bond motifs is 1. The minimum Gasteiger partial charge on any atom is -0.395 e. The summed E-state index contributed by atoms with van der Waals surface area (Å²) in [6, 6.07) is 7.22. The predicted octanol–water partition coefficient (Wildman–Crippen LogP) is 0.747. The molecule has 0 saturated heterocycles. The Morgan fingerprint density at radius 2 is 2.06 bits per heavy atom. The SMILES string of the molecule is Cc1[nH]c2ccccc2c1S(=O)(=O)NCCO. The summed E-state index contributed by atoms with van der Waals surface area (Å²) in [6.07, 6.45) is 0. The van der Waals surface area contributed by atoms with E-state index < -0.39 is 10.0 Å². The van der Waals surface area contributed by atoms with Crippen molar-refractivity contribution in [3.63, 3.8) is 0 Å². The minimum atomic E-state index is -3.58. The van der Waals surface area contributed by atoms with E-state index in [0.29, 0.717) is 11.1 Å². The van der Waals surface area contributed by atoms with Gasteiger partial charge in [-0.3, -0.25) is 0 Å². The second-order valence-corrected chi connectivity index (χ2v) is 5.45. The number of sulfonamides is 1. The Labute approximate surface area is 99.5 Å². The lowest BCUT2D eigenvalue weighted by molar-refractivity contribution is 0.301. The van der Waals surface area contributed by atoms with Crippen molar-refractivity contribution in [2.75, 3.05) is 13.2 Å². The third kappa shape index (κ3) is 2.19. The van der Waals surface area contributed by atoms with E-state index in [0.717, 1.165) is 5.52 Å². The van der Waals surface area contributed by atoms with E-state index in [4.69, 9.17) is 5.11 Å². The number of H-pyrrole nitrogens is 1. The van der Waals surface area contributed by atoms with Crippen LogP contribution in [0.25, 0.3) is 10.9 Å². The number of hydrogen-bond acceptors (Lipinski definition) is 3. The Morgan fingerprint density at radius 1 is 1.35 bits per heavy atom. The number of aryl methyl sites for hydroxylation is 1. The van der Waals surface area contributed by atoms with Crippen LogP contribution in [0.4, 0.5) is 0 Å². The van der Waals surface area contributed by atoms with Crippen LogP contribution in [0.1, 0.15) is 5.69 Å². The van der Waals surface area contributed by atoms with Crippen molar-refractivity contribution in [2.24, 2.45) is 0 Å². The van der Waals surface area contributed by atoms with E-state index in [1.165, 1.54) is 0 Å². The first-order chi connectivity index (χ1) is 8.06. The van der Waals surface area contributed by atoms with Gasteiger partial charge in [0.05, 0.1) is 6.61 Å². The molecule has 2 aromatic rings. The zero-order valence-electron chi connectivity index (χ0n) is 9.40. The molecule has 1 aromatic heterocycles. The van der Waals surface area contributed by atoms with Gasteiger partial charge < -0.3 is 10.1 Å². The highest BCUT2D eigenvalue weighted by Gasteiger charge is 2.21. The van der Waals surface area contributed by atoms with Crippen LogP contribution in [0.5, 0.6) is 0 Å². The Kier molecular flexibility index (Phi) is 3.19. The third-order valence-corrected chi connectivity index (χ3v) is 4.15. The minimum absolute atomic E-state index is 0.0152. The quantitative estimate of drug-likeness (QED) is 0.753. The van der Waals surface area contributed by atoms with E-state index in [1.807, 2.05) is 12.1 Å². The molecule has 1 heterocycles. The van der Waals surface area contributed by atoms with E-state index in [-0.39, 0.29) is 18.0 Å². The number of nitrogens with one attached hydrogen (secondary N) is 2. The molecule has 0 radical (unpaired) electrons. The molecule has 3 N–H and O–H groups in total. The topological polar surface area (TPSA) is 82.2 Å². The maximum absolute atomic E-state index is 12.0. The average Bonchev–Trinajstić information content (AvgIpc) is 2.63. The molecule has 0 aliphatic heterocycles. The van der Waals surface area contributed by atoms with Crippen molar-refractivity contribution in [3.8, 4) is 0 Å². The molecule has 0 saturated carbocycles. The van der Waals surface area contributed by atoms with Crippen molar-refractivity contribution in [1.82, 2.24) is 9.71 Å². The van der Waals surface area contributed by atoms with Gasteiger partial charge in [0, 0.05) is 23.1 Å². The van der Waals surface area contributed by atoms with Gasteiger partial charge in [-0.1, -0.05) is 18.2 Å². The van der Waals surface area contributed by atoms with E-state index in [1.54, 1.807) is 19.1 Å². The summed E-state index contributed by atoms with van der Waals surface area (Å²) in [5.41, 5.74) is 1.38. The zero-order valence-corrected chi connectivity index (χ0v) is 10.2. The molecular formula is C11H14N2O3S.